The highest BCUT2D eigenvalue weighted by Gasteiger charge is 2.10. The van der Waals surface area contributed by atoms with Crippen LogP contribution in [0, 0.1) is 0 Å². The Labute approximate surface area is 102 Å². The van der Waals surface area contributed by atoms with E-state index in [4.69, 9.17) is 27.9 Å². The number of carbonyl (C=O) groups is 2. The van der Waals surface area contributed by atoms with Gasteiger partial charge in [0.2, 0.25) is 0 Å². The zero-order valence-corrected chi connectivity index (χ0v) is 9.93. The maximum atomic E-state index is 11.4. The fourth-order valence-electron chi connectivity index (χ4n) is 0.958. The fraction of sp³-hybridized carbons (Fsp3) is 0.200. The molecule has 1 N–H and O–H groups in total. The summed E-state index contributed by atoms with van der Waals surface area (Å²) in [4.78, 5) is 22.3. The number of rotatable bonds is 3. The van der Waals surface area contributed by atoms with Gasteiger partial charge in [0.1, 0.15) is 0 Å². The Hall–Kier alpha value is -1.26. The first kappa shape index (κ1) is 12.8. The quantitative estimate of drug-likeness (QED) is 0.846. The summed E-state index contributed by atoms with van der Waals surface area (Å²) in [5, 5.41) is 2.99. The van der Waals surface area contributed by atoms with Gasteiger partial charge in [-0.1, -0.05) is 23.2 Å². The van der Waals surface area contributed by atoms with Gasteiger partial charge in [0.15, 0.2) is 6.61 Å². The average molecular weight is 262 g/mol. The Balaban J connectivity index is 2.69. The number of hydrogen-bond donors (Lipinski definition) is 1. The van der Waals surface area contributed by atoms with E-state index in [9.17, 15) is 9.59 Å². The van der Waals surface area contributed by atoms with Crippen LogP contribution in [0.3, 0.4) is 0 Å². The first-order valence-electron chi connectivity index (χ1n) is 4.36. The van der Waals surface area contributed by atoms with Crippen LogP contribution >= 0.6 is 23.2 Å². The van der Waals surface area contributed by atoms with Crippen LogP contribution < -0.4 is 5.32 Å². The summed E-state index contributed by atoms with van der Waals surface area (Å²) >= 11 is 11.4. The minimum atomic E-state index is -0.645. The molecule has 1 aromatic rings. The molecular formula is C10H9Cl2NO3. The first-order valence-corrected chi connectivity index (χ1v) is 5.12. The average Bonchev–Trinajstić information content (AvgIpc) is 2.23. The molecule has 0 spiro atoms. The summed E-state index contributed by atoms with van der Waals surface area (Å²) in [7, 11) is 1.45. The van der Waals surface area contributed by atoms with Gasteiger partial charge in [-0.25, -0.2) is 4.79 Å². The summed E-state index contributed by atoms with van der Waals surface area (Å²) in [6.07, 6.45) is 0. The molecule has 6 heteroatoms. The minimum absolute atomic E-state index is 0.210. The number of hydrogen-bond acceptors (Lipinski definition) is 3. The second kappa shape index (κ2) is 5.72. The third-order valence-electron chi connectivity index (χ3n) is 1.71. The topological polar surface area (TPSA) is 55.4 Å². The summed E-state index contributed by atoms with van der Waals surface area (Å²) in [6.45, 7) is -0.334. The lowest BCUT2D eigenvalue weighted by Gasteiger charge is -2.04. The number of benzene rings is 1. The third-order valence-corrected chi connectivity index (χ3v) is 2.15. The van der Waals surface area contributed by atoms with Gasteiger partial charge in [-0.05, 0) is 18.2 Å². The highest BCUT2D eigenvalue weighted by molar-refractivity contribution is 6.35. The van der Waals surface area contributed by atoms with Gasteiger partial charge < -0.3 is 10.1 Å². The lowest BCUT2D eigenvalue weighted by molar-refractivity contribution is -0.123. The van der Waals surface area contributed by atoms with Crippen molar-refractivity contribution in [3.05, 3.63) is 33.8 Å². The van der Waals surface area contributed by atoms with Crippen molar-refractivity contribution < 1.29 is 14.3 Å². The smallest absolute Gasteiger partial charge is 0.338 e. The molecule has 0 heterocycles. The summed E-state index contributed by atoms with van der Waals surface area (Å²) in [5.41, 5.74) is 0.210. The number of amides is 1. The zero-order valence-electron chi connectivity index (χ0n) is 8.42. The molecule has 0 aromatic heterocycles. The molecule has 0 aliphatic rings. The van der Waals surface area contributed by atoms with Crippen molar-refractivity contribution in [1.82, 2.24) is 5.32 Å². The van der Waals surface area contributed by atoms with Gasteiger partial charge in [-0.2, -0.15) is 0 Å². The zero-order chi connectivity index (χ0) is 12.1. The number of ether oxygens (including phenoxy) is 1. The molecule has 0 saturated carbocycles. The SMILES string of the molecule is CNC(=O)COC(=O)c1cc(Cl)cc(Cl)c1. The van der Waals surface area contributed by atoms with Crippen LogP contribution in [0.25, 0.3) is 0 Å². The highest BCUT2D eigenvalue weighted by Crippen LogP contribution is 2.19. The van der Waals surface area contributed by atoms with Gasteiger partial charge in [0, 0.05) is 17.1 Å². The van der Waals surface area contributed by atoms with Crippen molar-refractivity contribution in [2.75, 3.05) is 13.7 Å². The van der Waals surface area contributed by atoms with Crippen LogP contribution in [0.5, 0.6) is 0 Å². The van der Waals surface area contributed by atoms with E-state index in [1.165, 1.54) is 25.2 Å². The molecule has 0 unspecified atom stereocenters. The lowest BCUT2D eigenvalue weighted by atomic mass is 10.2. The molecular weight excluding hydrogens is 253 g/mol. The van der Waals surface area contributed by atoms with Crippen LogP contribution in [0.15, 0.2) is 18.2 Å². The largest absolute Gasteiger partial charge is 0.452 e. The molecule has 0 radical (unpaired) electrons. The number of carbonyl (C=O) groups excluding carboxylic acids is 2. The van der Waals surface area contributed by atoms with E-state index in [1.807, 2.05) is 0 Å². The number of halogens is 2. The van der Waals surface area contributed by atoms with E-state index in [0.717, 1.165) is 0 Å². The van der Waals surface area contributed by atoms with Crippen LogP contribution in [0.4, 0.5) is 0 Å². The first-order chi connectivity index (χ1) is 7.52. The molecule has 0 aliphatic carbocycles. The van der Waals surface area contributed by atoms with Gasteiger partial charge in [-0.15, -0.1) is 0 Å². The summed E-state index contributed by atoms with van der Waals surface area (Å²) < 4.78 is 4.72. The van der Waals surface area contributed by atoms with E-state index in [1.54, 1.807) is 0 Å². The maximum absolute atomic E-state index is 11.4. The molecule has 0 atom stereocenters. The van der Waals surface area contributed by atoms with Crippen molar-refractivity contribution in [3.8, 4) is 0 Å². The molecule has 1 rings (SSSR count). The predicted octanol–water partition coefficient (Wildman–Crippen LogP) is 1.90. The van der Waals surface area contributed by atoms with E-state index in [-0.39, 0.29) is 18.1 Å². The van der Waals surface area contributed by atoms with Crippen LogP contribution in [0.1, 0.15) is 10.4 Å². The van der Waals surface area contributed by atoms with Gasteiger partial charge >= 0.3 is 5.97 Å². The summed E-state index contributed by atoms with van der Waals surface area (Å²) in [5.74, 6) is -1.03. The molecule has 0 fully saturated rings. The molecule has 0 saturated heterocycles. The molecule has 86 valence electrons. The molecule has 1 aromatic carbocycles. The monoisotopic (exact) mass is 261 g/mol. The van der Waals surface area contributed by atoms with Crippen LogP contribution in [-0.2, 0) is 9.53 Å². The number of likely N-dealkylation sites (N-methyl/N-ethyl adjacent to an activating group) is 1. The van der Waals surface area contributed by atoms with Gasteiger partial charge in [0.05, 0.1) is 5.56 Å². The minimum Gasteiger partial charge on any atom is -0.452 e. The standard InChI is InChI=1S/C10H9Cl2NO3/c1-13-9(14)5-16-10(15)6-2-7(11)4-8(12)3-6/h2-4H,5H2,1H3,(H,13,14). The molecule has 16 heavy (non-hydrogen) atoms. The number of nitrogens with one attached hydrogen (secondary N) is 1. The van der Waals surface area contributed by atoms with Crippen molar-refractivity contribution in [1.29, 1.82) is 0 Å². The highest BCUT2D eigenvalue weighted by atomic mass is 35.5. The van der Waals surface area contributed by atoms with E-state index < -0.39 is 5.97 Å². The predicted molar refractivity (Wildman–Crippen MR) is 60.8 cm³/mol. The van der Waals surface area contributed by atoms with Crippen LogP contribution in [-0.4, -0.2) is 25.5 Å². The van der Waals surface area contributed by atoms with E-state index >= 15 is 0 Å². The van der Waals surface area contributed by atoms with E-state index in [0.29, 0.717) is 10.0 Å². The normalized spacial score (nSPS) is 9.69. The Morgan fingerprint density at radius 1 is 1.25 bits per heavy atom. The molecule has 0 bridgehead atoms. The van der Waals surface area contributed by atoms with Gasteiger partial charge in [0.25, 0.3) is 5.91 Å². The Bertz CT molecular complexity index is 400. The van der Waals surface area contributed by atoms with Crippen molar-refractivity contribution >= 4 is 35.1 Å². The summed E-state index contributed by atoms with van der Waals surface area (Å²) in [6, 6.07) is 4.33. The van der Waals surface area contributed by atoms with Gasteiger partial charge in [-0.3, -0.25) is 4.79 Å². The number of esters is 1. The van der Waals surface area contributed by atoms with Crippen molar-refractivity contribution in [3.63, 3.8) is 0 Å². The van der Waals surface area contributed by atoms with Crippen molar-refractivity contribution in [2.24, 2.45) is 0 Å². The third kappa shape index (κ3) is 3.72. The Morgan fingerprint density at radius 3 is 2.31 bits per heavy atom. The lowest BCUT2D eigenvalue weighted by Crippen LogP contribution is -2.25. The van der Waals surface area contributed by atoms with Crippen LogP contribution in [0.2, 0.25) is 10.0 Å². The van der Waals surface area contributed by atoms with Crippen molar-refractivity contribution in [2.45, 2.75) is 0 Å². The maximum Gasteiger partial charge on any atom is 0.338 e. The molecule has 4 nitrogen and oxygen atoms in total. The Kier molecular flexibility index (Phi) is 4.58. The molecule has 0 aliphatic heterocycles. The second-order valence-corrected chi connectivity index (χ2v) is 3.78. The molecule has 1 amide bonds. The van der Waals surface area contributed by atoms with E-state index in [2.05, 4.69) is 5.32 Å². The second-order valence-electron chi connectivity index (χ2n) is 2.91. The Morgan fingerprint density at radius 2 is 1.81 bits per heavy atom. The fourth-order valence-corrected chi connectivity index (χ4v) is 1.48.